The lowest BCUT2D eigenvalue weighted by Gasteiger charge is -2.09. The Morgan fingerprint density at radius 3 is 2.58 bits per heavy atom. The number of rotatable bonds is 3. The maximum Gasteiger partial charge on any atom is 0.416 e. The second kappa shape index (κ2) is 7.23. The molecule has 5 nitrogen and oxygen atoms in total. The highest BCUT2D eigenvalue weighted by atomic mass is 35.5. The fourth-order valence-electron chi connectivity index (χ4n) is 2.47. The van der Waals surface area contributed by atoms with Gasteiger partial charge in [-0.3, -0.25) is 4.79 Å². The van der Waals surface area contributed by atoms with E-state index in [2.05, 4.69) is 15.7 Å². The van der Waals surface area contributed by atoms with Crippen LogP contribution in [0, 0.1) is 0 Å². The fourth-order valence-corrected chi connectivity index (χ4v) is 2.47. The first-order valence-corrected chi connectivity index (χ1v) is 7.20. The maximum atomic E-state index is 12.5. The van der Waals surface area contributed by atoms with Gasteiger partial charge in [0, 0.05) is 0 Å². The number of hydrogen-bond donors (Lipinski definition) is 2. The zero-order chi connectivity index (χ0) is 16.4. The number of benzene rings is 1. The van der Waals surface area contributed by atoms with Crippen LogP contribution < -0.4 is 10.6 Å². The summed E-state index contributed by atoms with van der Waals surface area (Å²) in [5, 5.41) is 9.89. The molecule has 0 spiro atoms. The van der Waals surface area contributed by atoms with Gasteiger partial charge in [0.15, 0.2) is 0 Å². The van der Waals surface area contributed by atoms with Gasteiger partial charge in [0.05, 0.1) is 35.4 Å². The van der Waals surface area contributed by atoms with Crippen LogP contribution in [0.1, 0.15) is 18.4 Å². The molecule has 1 fully saturated rings. The van der Waals surface area contributed by atoms with Gasteiger partial charge >= 0.3 is 6.18 Å². The molecule has 2 aromatic rings. The Labute approximate surface area is 142 Å². The van der Waals surface area contributed by atoms with E-state index < -0.39 is 11.7 Å². The topological polar surface area (TPSA) is 59.0 Å². The van der Waals surface area contributed by atoms with Crippen LogP contribution in [0.4, 0.5) is 18.9 Å². The molecule has 1 saturated heterocycles. The van der Waals surface area contributed by atoms with E-state index in [1.165, 1.54) is 23.0 Å². The van der Waals surface area contributed by atoms with Crippen LogP contribution in [-0.4, -0.2) is 28.3 Å². The monoisotopic (exact) mass is 360 g/mol. The molecular weight excluding hydrogens is 345 g/mol. The van der Waals surface area contributed by atoms with Crippen molar-refractivity contribution in [1.82, 2.24) is 15.1 Å². The number of hydrogen-bond acceptors (Lipinski definition) is 3. The summed E-state index contributed by atoms with van der Waals surface area (Å²) in [6.07, 6.45) is 0.414. The quantitative estimate of drug-likeness (QED) is 0.884. The van der Waals surface area contributed by atoms with E-state index in [1.807, 2.05) is 0 Å². The molecule has 2 N–H and O–H groups in total. The number of aromatic nitrogens is 2. The minimum absolute atomic E-state index is 0. The van der Waals surface area contributed by atoms with Crippen LogP contribution in [0.15, 0.2) is 36.7 Å². The third-order valence-corrected chi connectivity index (χ3v) is 3.69. The van der Waals surface area contributed by atoms with E-state index >= 15 is 0 Å². The van der Waals surface area contributed by atoms with Crippen LogP contribution in [-0.2, 0) is 11.0 Å². The van der Waals surface area contributed by atoms with E-state index in [4.69, 9.17) is 0 Å². The van der Waals surface area contributed by atoms with Crippen LogP contribution in [0.25, 0.3) is 5.69 Å². The largest absolute Gasteiger partial charge is 0.416 e. The van der Waals surface area contributed by atoms with E-state index in [1.54, 1.807) is 6.20 Å². The highest BCUT2D eigenvalue weighted by Crippen LogP contribution is 2.29. The second-order valence-corrected chi connectivity index (χ2v) is 5.36. The Morgan fingerprint density at radius 2 is 2.00 bits per heavy atom. The molecule has 0 aliphatic carbocycles. The first kappa shape index (κ1) is 18.3. The Kier molecular flexibility index (Phi) is 5.51. The highest BCUT2D eigenvalue weighted by Gasteiger charge is 2.30. The third kappa shape index (κ3) is 4.07. The minimum Gasteiger partial charge on any atom is -0.322 e. The Balaban J connectivity index is 0.00000208. The second-order valence-electron chi connectivity index (χ2n) is 5.36. The van der Waals surface area contributed by atoms with E-state index in [0.717, 1.165) is 31.5 Å². The van der Waals surface area contributed by atoms with Crippen molar-refractivity contribution in [3.05, 3.63) is 42.2 Å². The summed E-state index contributed by atoms with van der Waals surface area (Å²) in [5.74, 6) is -0.130. The minimum atomic E-state index is -4.37. The zero-order valence-electron chi connectivity index (χ0n) is 12.5. The fraction of sp³-hybridized carbons (Fsp3) is 0.333. The van der Waals surface area contributed by atoms with Gasteiger partial charge in [-0.05, 0) is 43.7 Å². The Hall–Kier alpha value is -2.06. The summed E-state index contributed by atoms with van der Waals surface area (Å²) in [5.41, 5.74) is 0.273. The molecule has 9 heteroatoms. The first-order valence-electron chi connectivity index (χ1n) is 7.20. The smallest absolute Gasteiger partial charge is 0.322 e. The van der Waals surface area contributed by atoms with Crippen molar-refractivity contribution >= 4 is 24.0 Å². The molecule has 1 unspecified atom stereocenters. The van der Waals surface area contributed by atoms with Crippen LogP contribution in [0.3, 0.4) is 0 Å². The molecule has 3 rings (SSSR count). The van der Waals surface area contributed by atoms with Gasteiger partial charge in [-0.1, -0.05) is 0 Å². The van der Waals surface area contributed by atoms with Crippen molar-refractivity contribution in [1.29, 1.82) is 0 Å². The molecule has 24 heavy (non-hydrogen) atoms. The molecule has 130 valence electrons. The molecule has 1 aromatic carbocycles. The van der Waals surface area contributed by atoms with E-state index in [9.17, 15) is 18.0 Å². The van der Waals surface area contributed by atoms with Gasteiger partial charge in [0.1, 0.15) is 0 Å². The molecule has 0 radical (unpaired) electrons. The molecule has 1 aromatic heterocycles. The van der Waals surface area contributed by atoms with Gasteiger partial charge in [0.25, 0.3) is 0 Å². The molecule has 1 aliphatic heterocycles. The SMILES string of the molecule is Cl.O=C(Nc1cnn(-c2ccc(C(F)(F)F)cc2)c1)C1CCCN1. The third-order valence-electron chi connectivity index (χ3n) is 3.69. The van der Waals surface area contributed by atoms with Crippen molar-refractivity contribution in [2.24, 2.45) is 0 Å². The number of amides is 1. The number of nitrogens with one attached hydrogen (secondary N) is 2. The Bertz CT molecular complexity index is 693. The van der Waals surface area contributed by atoms with Gasteiger partial charge in [-0.2, -0.15) is 18.3 Å². The molecule has 1 aliphatic rings. The molecule has 0 bridgehead atoms. The summed E-state index contributed by atoms with van der Waals surface area (Å²) in [7, 11) is 0. The summed E-state index contributed by atoms with van der Waals surface area (Å²) < 4.78 is 39.0. The van der Waals surface area contributed by atoms with Crippen molar-refractivity contribution in [3.8, 4) is 5.69 Å². The lowest BCUT2D eigenvalue weighted by Crippen LogP contribution is -2.35. The molecular formula is C15H16ClF3N4O. The van der Waals surface area contributed by atoms with Crippen molar-refractivity contribution < 1.29 is 18.0 Å². The zero-order valence-corrected chi connectivity index (χ0v) is 13.3. The number of carbonyl (C=O) groups is 1. The van der Waals surface area contributed by atoms with Crippen LogP contribution in [0.5, 0.6) is 0 Å². The molecule has 1 atom stereocenters. The lowest BCUT2D eigenvalue weighted by atomic mass is 10.2. The molecule has 2 heterocycles. The van der Waals surface area contributed by atoms with Crippen LogP contribution >= 0.6 is 12.4 Å². The van der Waals surface area contributed by atoms with Gasteiger partial charge in [-0.15, -0.1) is 12.4 Å². The van der Waals surface area contributed by atoms with Crippen molar-refractivity contribution in [3.63, 3.8) is 0 Å². The van der Waals surface area contributed by atoms with E-state index in [0.29, 0.717) is 11.4 Å². The number of halogens is 4. The first-order chi connectivity index (χ1) is 10.9. The Morgan fingerprint density at radius 1 is 1.29 bits per heavy atom. The van der Waals surface area contributed by atoms with E-state index in [-0.39, 0.29) is 24.4 Å². The van der Waals surface area contributed by atoms with Gasteiger partial charge < -0.3 is 10.6 Å². The van der Waals surface area contributed by atoms with Crippen molar-refractivity contribution in [2.45, 2.75) is 25.1 Å². The number of anilines is 1. The van der Waals surface area contributed by atoms with Gasteiger partial charge in [0.2, 0.25) is 5.91 Å². The van der Waals surface area contributed by atoms with Gasteiger partial charge in [-0.25, -0.2) is 4.68 Å². The summed E-state index contributed by atoms with van der Waals surface area (Å²) >= 11 is 0. The summed E-state index contributed by atoms with van der Waals surface area (Å²) in [6.45, 7) is 0.822. The lowest BCUT2D eigenvalue weighted by molar-refractivity contribution is -0.137. The number of nitrogens with zero attached hydrogens (tertiary/aromatic N) is 2. The number of carbonyl (C=O) groups excluding carboxylic acids is 1. The molecule has 0 saturated carbocycles. The summed E-state index contributed by atoms with van der Waals surface area (Å²) in [4.78, 5) is 12.0. The predicted molar refractivity (Wildman–Crippen MR) is 85.5 cm³/mol. The maximum absolute atomic E-state index is 12.5. The normalized spacial score (nSPS) is 17.4. The standard InChI is InChI=1S/C15H15F3N4O.ClH/c16-15(17,18)10-3-5-12(6-4-10)22-9-11(8-20-22)21-14(23)13-2-1-7-19-13;/h3-6,8-9,13,19H,1-2,7H2,(H,21,23);1H. The predicted octanol–water partition coefficient (Wildman–Crippen LogP) is 3.00. The molecule has 1 amide bonds. The average molecular weight is 361 g/mol. The summed E-state index contributed by atoms with van der Waals surface area (Å²) in [6, 6.07) is 4.46. The highest BCUT2D eigenvalue weighted by molar-refractivity contribution is 5.94. The van der Waals surface area contributed by atoms with Crippen molar-refractivity contribution in [2.75, 3.05) is 11.9 Å². The van der Waals surface area contributed by atoms with Crippen LogP contribution in [0.2, 0.25) is 0 Å². The average Bonchev–Trinajstić information content (AvgIpc) is 3.18. The number of alkyl halides is 3.